The lowest BCUT2D eigenvalue weighted by Crippen LogP contribution is -2.22. The molecule has 3 aromatic rings. The summed E-state index contributed by atoms with van der Waals surface area (Å²) in [5.41, 5.74) is 8.71. The minimum absolute atomic E-state index is 0.132. The fourth-order valence-electron chi connectivity index (χ4n) is 3.46. The average Bonchev–Trinajstić information content (AvgIpc) is 3.09. The van der Waals surface area contributed by atoms with Crippen LogP contribution in [-0.4, -0.2) is 39.4 Å². The van der Waals surface area contributed by atoms with Gasteiger partial charge in [-0.3, -0.25) is 0 Å². The van der Waals surface area contributed by atoms with Crippen LogP contribution in [0.25, 0.3) is 11.0 Å². The molecular formula is C21H29N5O2. The zero-order chi connectivity index (χ0) is 19.9. The Morgan fingerprint density at radius 2 is 2.04 bits per heavy atom. The summed E-state index contributed by atoms with van der Waals surface area (Å²) in [4.78, 5) is 8.85. The summed E-state index contributed by atoms with van der Waals surface area (Å²) in [6.45, 7) is 2.93. The maximum Gasteiger partial charge on any atom is 0.222 e. The lowest BCUT2D eigenvalue weighted by Gasteiger charge is -2.20. The van der Waals surface area contributed by atoms with Gasteiger partial charge in [0.25, 0.3) is 0 Å². The van der Waals surface area contributed by atoms with E-state index in [1.165, 1.54) is 0 Å². The van der Waals surface area contributed by atoms with Crippen molar-refractivity contribution in [2.75, 3.05) is 24.8 Å². The molecule has 2 aromatic heterocycles. The second-order valence-electron chi connectivity index (χ2n) is 6.92. The number of aliphatic hydroxyl groups excluding tert-OH is 1. The summed E-state index contributed by atoms with van der Waals surface area (Å²) in [7, 11) is 1.68. The largest absolute Gasteiger partial charge is 0.496 e. The third-order valence-electron chi connectivity index (χ3n) is 4.89. The molecule has 3 rings (SSSR count). The van der Waals surface area contributed by atoms with Gasteiger partial charge < -0.3 is 25.5 Å². The van der Waals surface area contributed by atoms with E-state index in [9.17, 15) is 5.11 Å². The maximum atomic E-state index is 9.43. The molecule has 28 heavy (non-hydrogen) atoms. The first-order valence-corrected chi connectivity index (χ1v) is 9.77. The Morgan fingerprint density at radius 1 is 1.21 bits per heavy atom. The number of nitrogens with two attached hydrogens (primary N) is 1. The first-order chi connectivity index (χ1) is 13.7. The fourth-order valence-corrected chi connectivity index (χ4v) is 3.46. The lowest BCUT2D eigenvalue weighted by molar-refractivity contribution is 0.276. The number of rotatable bonds is 10. The smallest absolute Gasteiger partial charge is 0.222 e. The van der Waals surface area contributed by atoms with Gasteiger partial charge in [-0.25, -0.2) is 4.98 Å². The summed E-state index contributed by atoms with van der Waals surface area (Å²) in [6.07, 6.45) is 5.82. The zero-order valence-corrected chi connectivity index (χ0v) is 16.6. The van der Waals surface area contributed by atoms with Crippen LogP contribution in [0.3, 0.4) is 0 Å². The van der Waals surface area contributed by atoms with E-state index in [0.29, 0.717) is 18.8 Å². The van der Waals surface area contributed by atoms with Crippen LogP contribution in [-0.2, 0) is 6.54 Å². The second-order valence-corrected chi connectivity index (χ2v) is 6.92. The van der Waals surface area contributed by atoms with Gasteiger partial charge >= 0.3 is 0 Å². The van der Waals surface area contributed by atoms with Crippen molar-refractivity contribution in [3.05, 3.63) is 42.1 Å². The molecular weight excluding hydrogens is 354 g/mol. The van der Waals surface area contributed by atoms with Gasteiger partial charge in [-0.05, 0) is 25.0 Å². The molecule has 1 atom stereocenters. The predicted octanol–water partition coefficient (Wildman–Crippen LogP) is 3.42. The molecule has 0 spiro atoms. The molecule has 4 N–H and O–H groups in total. The van der Waals surface area contributed by atoms with E-state index in [1.807, 2.05) is 36.5 Å². The normalized spacial score (nSPS) is 12.2. The Labute approximate surface area is 165 Å². The summed E-state index contributed by atoms with van der Waals surface area (Å²) in [5.74, 6) is 1.79. The number of para-hydroxylation sites is 1. The van der Waals surface area contributed by atoms with Crippen LogP contribution in [0.1, 0.15) is 38.2 Å². The number of nitrogens with one attached hydrogen (secondary N) is 1. The van der Waals surface area contributed by atoms with Gasteiger partial charge in [-0.1, -0.05) is 38.0 Å². The molecule has 0 radical (unpaired) electrons. The predicted molar refractivity (Wildman–Crippen MR) is 113 cm³/mol. The van der Waals surface area contributed by atoms with Crippen LogP contribution in [0.5, 0.6) is 5.75 Å². The Balaban J connectivity index is 1.97. The molecule has 150 valence electrons. The van der Waals surface area contributed by atoms with E-state index in [0.717, 1.165) is 41.6 Å². The number of unbranched alkanes of at least 4 members (excludes halogenated alkanes) is 1. The Kier molecular flexibility index (Phi) is 6.71. The number of hydrogen-bond donors (Lipinski definition) is 3. The minimum Gasteiger partial charge on any atom is -0.496 e. The van der Waals surface area contributed by atoms with Gasteiger partial charge in [0.1, 0.15) is 11.3 Å². The number of nitrogen functional groups attached to an aromatic ring is 1. The highest BCUT2D eigenvalue weighted by Gasteiger charge is 2.16. The standard InChI is InChI=1S/C21H29N5O2/c1-3-4-8-16(11-13-27)23-20-19-17(24-21(22)25-20)10-12-26(19)14-15-7-5-6-9-18(15)28-2/h5-7,9-10,12,16,27H,3-4,8,11,13-14H2,1-2H3,(H3,22,23,24,25)/t16-/m0/s1. The quantitative estimate of drug-likeness (QED) is 0.496. The highest BCUT2D eigenvalue weighted by molar-refractivity contribution is 5.87. The molecule has 0 amide bonds. The van der Waals surface area contributed by atoms with E-state index in [4.69, 9.17) is 10.5 Å². The Hall–Kier alpha value is -2.80. The number of nitrogens with zero attached hydrogens (tertiary/aromatic N) is 3. The van der Waals surface area contributed by atoms with Crippen molar-refractivity contribution >= 4 is 22.8 Å². The SMILES string of the molecule is CCCC[C@@H](CCO)Nc1nc(N)nc2ccn(Cc3ccccc3OC)c12. The van der Waals surface area contributed by atoms with Crippen molar-refractivity contribution in [3.63, 3.8) is 0 Å². The van der Waals surface area contributed by atoms with Crippen molar-refractivity contribution in [3.8, 4) is 5.75 Å². The third kappa shape index (κ3) is 4.54. The van der Waals surface area contributed by atoms with Crippen molar-refractivity contribution in [2.45, 2.75) is 45.2 Å². The van der Waals surface area contributed by atoms with Crippen LogP contribution < -0.4 is 15.8 Å². The number of hydrogen-bond acceptors (Lipinski definition) is 6. The summed E-state index contributed by atoms with van der Waals surface area (Å²) in [6, 6.07) is 10.0. The molecule has 0 aliphatic heterocycles. The van der Waals surface area contributed by atoms with Gasteiger partial charge in [0.05, 0.1) is 19.2 Å². The summed E-state index contributed by atoms with van der Waals surface area (Å²) in [5, 5.41) is 12.9. The number of benzene rings is 1. The topological polar surface area (TPSA) is 98.2 Å². The molecule has 1 aromatic carbocycles. The van der Waals surface area contributed by atoms with E-state index in [1.54, 1.807) is 7.11 Å². The van der Waals surface area contributed by atoms with Gasteiger partial charge in [-0.15, -0.1) is 0 Å². The van der Waals surface area contributed by atoms with E-state index in [2.05, 4.69) is 26.8 Å². The molecule has 0 fully saturated rings. The van der Waals surface area contributed by atoms with E-state index in [-0.39, 0.29) is 18.6 Å². The van der Waals surface area contributed by atoms with Gasteiger partial charge in [-0.2, -0.15) is 4.98 Å². The van der Waals surface area contributed by atoms with Crippen LogP contribution >= 0.6 is 0 Å². The zero-order valence-electron chi connectivity index (χ0n) is 16.6. The first kappa shape index (κ1) is 19.9. The van der Waals surface area contributed by atoms with Crippen LogP contribution in [0.15, 0.2) is 36.5 Å². The van der Waals surface area contributed by atoms with Gasteiger partial charge in [0, 0.05) is 24.4 Å². The number of methoxy groups -OCH3 is 1. The summed E-state index contributed by atoms with van der Waals surface area (Å²) < 4.78 is 7.59. The molecule has 0 aliphatic carbocycles. The van der Waals surface area contributed by atoms with Crippen LogP contribution in [0, 0.1) is 0 Å². The molecule has 2 heterocycles. The van der Waals surface area contributed by atoms with Crippen LogP contribution in [0.4, 0.5) is 11.8 Å². The Bertz CT molecular complexity index is 909. The van der Waals surface area contributed by atoms with Crippen molar-refractivity contribution < 1.29 is 9.84 Å². The highest BCUT2D eigenvalue weighted by Crippen LogP contribution is 2.27. The monoisotopic (exact) mass is 383 g/mol. The third-order valence-corrected chi connectivity index (χ3v) is 4.89. The summed E-state index contributed by atoms with van der Waals surface area (Å²) >= 11 is 0. The first-order valence-electron chi connectivity index (χ1n) is 9.77. The fraction of sp³-hybridized carbons (Fsp3) is 0.429. The lowest BCUT2D eigenvalue weighted by atomic mass is 10.1. The number of anilines is 2. The molecule has 0 bridgehead atoms. The average molecular weight is 383 g/mol. The minimum atomic E-state index is 0.132. The Morgan fingerprint density at radius 3 is 2.79 bits per heavy atom. The second kappa shape index (κ2) is 9.41. The highest BCUT2D eigenvalue weighted by atomic mass is 16.5. The van der Waals surface area contributed by atoms with Crippen molar-refractivity contribution in [1.29, 1.82) is 0 Å². The van der Waals surface area contributed by atoms with Crippen LogP contribution in [0.2, 0.25) is 0 Å². The van der Waals surface area contributed by atoms with Gasteiger partial charge in [0.2, 0.25) is 5.95 Å². The molecule has 0 saturated heterocycles. The van der Waals surface area contributed by atoms with Crippen molar-refractivity contribution in [2.24, 2.45) is 0 Å². The maximum absolute atomic E-state index is 9.43. The molecule has 0 unspecified atom stereocenters. The molecule has 0 saturated carbocycles. The van der Waals surface area contributed by atoms with E-state index >= 15 is 0 Å². The molecule has 7 nitrogen and oxygen atoms in total. The number of fused-ring (bicyclic) bond motifs is 1. The number of aliphatic hydroxyl groups is 1. The molecule has 0 aliphatic rings. The number of aromatic nitrogens is 3. The van der Waals surface area contributed by atoms with Crippen molar-refractivity contribution in [1.82, 2.24) is 14.5 Å². The van der Waals surface area contributed by atoms with Gasteiger partial charge in [0.15, 0.2) is 5.82 Å². The number of ether oxygens (including phenoxy) is 1. The van der Waals surface area contributed by atoms with E-state index < -0.39 is 0 Å². The molecule has 7 heteroatoms.